The summed E-state index contributed by atoms with van der Waals surface area (Å²) in [6.07, 6.45) is 5.39. The first kappa shape index (κ1) is 12.9. The molecule has 0 aromatic heterocycles. The molecule has 1 heterocycles. The molecular weight excluding hydrogens is 222 g/mol. The van der Waals surface area contributed by atoms with E-state index in [9.17, 15) is 0 Å². The second kappa shape index (κ2) is 6.44. The number of hydrogen-bond donors (Lipinski definition) is 1. The summed E-state index contributed by atoms with van der Waals surface area (Å²) in [4.78, 5) is 4.87. The van der Waals surface area contributed by atoms with Crippen LogP contribution in [-0.4, -0.2) is 56.1 Å². The Morgan fingerprint density at radius 3 is 2.78 bits per heavy atom. The minimum atomic E-state index is 0.930. The number of likely N-dealkylation sites (N-methyl/N-ethyl adjacent to an activating group) is 1. The summed E-state index contributed by atoms with van der Waals surface area (Å²) >= 11 is 0. The van der Waals surface area contributed by atoms with Gasteiger partial charge in [0.15, 0.2) is 0 Å². The lowest BCUT2D eigenvalue weighted by Crippen LogP contribution is -2.45. The maximum absolute atomic E-state index is 5.39. The Kier molecular flexibility index (Phi) is 4.63. The van der Waals surface area contributed by atoms with Crippen LogP contribution in [-0.2, 0) is 0 Å². The summed E-state index contributed by atoms with van der Waals surface area (Å²) < 4.78 is 0. The van der Waals surface area contributed by atoms with E-state index in [-0.39, 0.29) is 0 Å². The van der Waals surface area contributed by atoms with Crippen LogP contribution in [0.4, 0.5) is 5.69 Å². The fourth-order valence-electron chi connectivity index (χ4n) is 2.15. The highest BCUT2D eigenvalue weighted by Gasteiger charge is 2.12. The van der Waals surface area contributed by atoms with Gasteiger partial charge in [0.2, 0.25) is 0 Å². The molecule has 0 saturated carbocycles. The Labute approximate surface area is 110 Å². The maximum atomic E-state index is 5.39. The molecule has 3 nitrogen and oxygen atoms in total. The number of benzene rings is 1. The summed E-state index contributed by atoms with van der Waals surface area (Å²) in [6.45, 7) is 6.75. The van der Waals surface area contributed by atoms with Gasteiger partial charge in [-0.15, -0.1) is 6.42 Å². The van der Waals surface area contributed by atoms with Gasteiger partial charge in [-0.2, -0.15) is 0 Å². The van der Waals surface area contributed by atoms with Crippen molar-refractivity contribution in [2.45, 2.75) is 0 Å². The van der Waals surface area contributed by atoms with Crippen LogP contribution in [0.2, 0.25) is 0 Å². The number of terminal acetylenes is 1. The SMILES string of the molecule is C#Cc1cccc(NCCN2CCN(C)CC2)c1. The zero-order valence-electron chi connectivity index (χ0n) is 11.0. The Hall–Kier alpha value is -1.50. The smallest absolute Gasteiger partial charge is 0.0353 e. The predicted octanol–water partition coefficient (Wildman–Crippen LogP) is 1.33. The number of hydrogen-bond acceptors (Lipinski definition) is 3. The van der Waals surface area contributed by atoms with Gasteiger partial charge in [0, 0.05) is 50.5 Å². The number of nitrogens with zero attached hydrogens (tertiary/aromatic N) is 2. The molecule has 96 valence electrons. The third kappa shape index (κ3) is 3.76. The topological polar surface area (TPSA) is 18.5 Å². The molecule has 1 aliphatic heterocycles. The second-order valence-electron chi connectivity index (χ2n) is 4.80. The van der Waals surface area contributed by atoms with E-state index in [1.165, 1.54) is 26.2 Å². The van der Waals surface area contributed by atoms with Crippen molar-refractivity contribution < 1.29 is 0 Å². The van der Waals surface area contributed by atoms with E-state index in [0.29, 0.717) is 0 Å². The summed E-state index contributed by atoms with van der Waals surface area (Å²) in [7, 11) is 2.18. The third-order valence-electron chi connectivity index (χ3n) is 3.38. The molecule has 1 aliphatic rings. The third-order valence-corrected chi connectivity index (χ3v) is 3.38. The number of anilines is 1. The summed E-state index contributed by atoms with van der Waals surface area (Å²) in [6, 6.07) is 8.02. The highest BCUT2D eigenvalue weighted by Crippen LogP contribution is 2.09. The number of nitrogens with one attached hydrogen (secondary N) is 1. The quantitative estimate of drug-likeness (QED) is 0.805. The molecule has 3 heteroatoms. The van der Waals surface area contributed by atoms with Crippen molar-refractivity contribution in [3.8, 4) is 12.3 Å². The van der Waals surface area contributed by atoms with E-state index >= 15 is 0 Å². The van der Waals surface area contributed by atoms with Crippen LogP contribution in [0.1, 0.15) is 5.56 Å². The Morgan fingerprint density at radius 2 is 2.06 bits per heavy atom. The van der Waals surface area contributed by atoms with Crippen molar-refractivity contribution in [2.75, 3.05) is 51.6 Å². The van der Waals surface area contributed by atoms with Crippen LogP contribution < -0.4 is 5.32 Å². The average Bonchev–Trinajstić information content (AvgIpc) is 2.41. The summed E-state index contributed by atoms with van der Waals surface area (Å²) in [5.41, 5.74) is 2.04. The Bertz CT molecular complexity index is 414. The van der Waals surface area contributed by atoms with Crippen molar-refractivity contribution in [3.63, 3.8) is 0 Å². The van der Waals surface area contributed by atoms with E-state index < -0.39 is 0 Å². The van der Waals surface area contributed by atoms with Crippen LogP contribution in [0.25, 0.3) is 0 Å². The van der Waals surface area contributed by atoms with Gasteiger partial charge in [0.25, 0.3) is 0 Å². The van der Waals surface area contributed by atoms with Gasteiger partial charge in [-0.3, -0.25) is 4.90 Å². The van der Waals surface area contributed by atoms with Gasteiger partial charge < -0.3 is 10.2 Å². The van der Waals surface area contributed by atoms with Crippen molar-refractivity contribution in [2.24, 2.45) is 0 Å². The first-order chi connectivity index (χ1) is 8.78. The second-order valence-corrected chi connectivity index (χ2v) is 4.80. The van der Waals surface area contributed by atoms with Crippen LogP contribution in [0.5, 0.6) is 0 Å². The molecule has 0 spiro atoms. The molecule has 0 unspecified atom stereocenters. The van der Waals surface area contributed by atoms with Crippen LogP contribution >= 0.6 is 0 Å². The van der Waals surface area contributed by atoms with Gasteiger partial charge in [-0.1, -0.05) is 12.0 Å². The largest absolute Gasteiger partial charge is 0.384 e. The van der Waals surface area contributed by atoms with Crippen LogP contribution in [0.3, 0.4) is 0 Å². The molecular formula is C15H21N3. The van der Waals surface area contributed by atoms with E-state index in [1.54, 1.807) is 0 Å². The molecule has 18 heavy (non-hydrogen) atoms. The zero-order chi connectivity index (χ0) is 12.8. The van der Waals surface area contributed by atoms with Crippen LogP contribution in [0, 0.1) is 12.3 Å². The van der Waals surface area contributed by atoms with Crippen LogP contribution in [0.15, 0.2) is 24.3 Å². The van der Waals surface area contributed by atoms with Crippen molar-refractivity contribution in [1.29, 1.82) is 0 Å². The molecule has 0 atom stereocenters. The van der Waals surface area contributed by atoms with Gasteiger partial charge in [-0.05, 0) is 25.2 Å². The highest BCUT2D eigenvalue weighted by atomic mass is 15.2. The van der Waals surface area contributed by atoms with Gasteiger partial charge >= 0.3 is 0 Å². The van der Waals surface area contributed by atoms with Crippen molar-refractivity contribution >= 4 is 5.69 Å². The van der Waals surface area contributed by atoms with Gasteiger partial charge in [-0.25, -0.2) is 0 Å². The first-order valence-electron chi connectivity index (χ1n) is 6.49. The van der Waals surface area contributed by atoms with E-state index in [1.807, 2.05) is 18.2 Å². The maximum Gasteiger partial charge on any atom is 0.0353 e. The molecule has 0 aliphatic carbocycles. The Morgan fingerprint density at radius 1 is 1.28 bits per heavy atom. The molecule has 0 bridgehead atoms. The fraction of sp³-hybridized carbons (Fsp3) is 0.467. The summed E-state index contributed by atoms with van der Waals surface area (Å²) in [5, 5.41) is 3.43. The molecule has 1 aromatic carbocycles. The monoisotopic (exact) mass is 243 g/mol. The van der Waals surface area contributed by atoms with E-state index in [2.05, 4.69) is 34.2 Å². The van der Waals surface area contributed by atoms with Crippen molar-refractivity contribution in [1.82, 2.24) is 9.80 Å². The highest BCUT2D eigenvalue weighted by molar-refractivity contribution is 5.49. The lowest BCUT2D eigenvalue weighted by Gasteiger charge is -2.32. The normalized spacial score (nSPS) is 17.3. The van der Waals surface area contributed by atoms with Gasteiger partial charge in [0.05, 0.1) is 0 Å². The average molecular weight is 243 g/mol. The molecule has 1 fully saturated rings. The van der Waals surface area contributed by atoms with Gasteiger partial charge in [0.1, 0.15) is 0 Å². The number of piperazine rings is 1. The lowest BCUT2D eigenvalue weighted by atomic mass is 10.2. The Balaban J connectivity index is 1.73. The lowest BCUT2D eigenvalue weighted by molar-refractivity contribution is 0.158. The molecule has 0 radical (unpaired) electrons. The van der Waals surface area contributed by atoms with Crippen molar-refractivity contribution in [3.05, 3.63) is 29.8 Å². The standard InChI is InChI=1S/C15H21N3/c1-3-14-5-4-6-15(13-14)16-7-8-18-11-9-17(2)10-12-18/h1,4-6,13,16H,7-12H2,2H3. The molecule has 0 amide bonds. The predicted molar refractivity (Wildman–Crippen MR) is 76.8 cm³/mol. The number of rotatable bonds is 4. The summed E-state index contributed by atoms with van der Waals surface area (Å²) in [5.74, 6) is 2.66. The zero-order valence-corrected chi connectivity index (χ0v) is 11.0. The van der Waals surface area contributed by atoms with E-state index in [4.69, 9.17) is 6.42 Å². The molecule has 1 saturated heterocycles. The fourth-order valence-corrected chi connectivity index (χ4v) is 2.15. The minimum Gasteiger partial charge on any atom is -0.384 e. The first-order valence-corrected chi connectivity index (χ1v) is 6.49. The van der Waals surface area contributed by atoms with E-state index in [0.717, 1.165) is 24.3 Å². The molecule has 1 aromatic rings. The minimum absolute atomic E-state index is 0.930. The molecule has 2 rings (SSSR count). The molecule has 1 N–H and O–H groups in total.